The lowest BCUT2D eigenvalue weighted by Gasteiger charge is -2.18. The van der Waals surface area contributed by atoms with Gasteiger partial charge in [0.2, 0.25) is 0 Å². The van der Waals surface area contributed by atoms with Crippen LogP contribution in [0, 0.1) is 0 Å². The fourth-order valence-corrected chi connectivity index (χ4v) is 3.38. The molecular weight excluding hydrogens is 396 g/mol. The Balaban J connectivity index is 1.96. The SMILES string of the molecule is CC1(C)Cc2cccc(Oc3ccc(Br)cc3CBr)c2O1. The van der Waals surface area contributed by atoms with Crippen molar-refractivity contribution in [3.05, 3.63) is 52.0 Å². The fraction of sp³-hybridized carbons (Fsp3) is 0.294. The number of fused-ring (bicyclic) bond motifs is 1. The van der Waals surface area contributed by atoms with Crippen molar-refractivity contribution in [2.75, 3.05) is 0 Å². The van der Waals surface area contributed by atoms with Gasteiger partial charge in [0.1, 0.15) is 11.4 Å². The first-order valence-electron chi connectivity index (χ1n) is 6.82. The highest BCUT2D eigenvalue weighted by atomic mass is 79.9. The second-order valence-electron chi connectivity index (χ2n) is 5.77. The monoisotopic (exact) mass is 410 g/mol. The Hall–Kier alpha value is -1.00. The van der Waals surface area contributed by atoms with Crippen molar-refractivity contribution in [3.63, 3.8) is 0 Å². The zero-order valence-electron chi connectivity index (χ0n) is 12.0. The molecule has 0 atom stereocenters. The van der Waals surface area contributed by atoms with Crippen molar-refractivity contribution < 1.29 is 9.47 Å². The van der Waals surface area contributed by atoms with Gasteiger partial charge in [-0.1, -0.05) is 44.0 Å². The molecule has 110 valence electrons. The lowest BCUT2D eigenvalue weighted by Crippen LogP contribution is -2.24. The number of benzene rings is 2. The van der Waals surface area contributed by atoms with E-state index in [-0.39, 0.29) is 5.60 Å². The van der Waals surface area contributed by atoms with E-state index in [0.717, 1.165) is 39.0 Å². The van der Waals surface area contributed by atoms with E-state index in [0.29, 0.717) is 0 Å². The van der Waals surface area contributed by atoms with E-state index >= 15 is 0 Å². The summed E-state index contributed by atoms with van der Waals surface area (Å²) >= 11 is 6.99. The molecule has 0 radical (unpaired) electrons. The number of rotatable bonds is 3. The summed E-state index contributed by atoms with van der Waals surface area (Å²) < 4.78 is 13.2. The molecule has 0 fully saturated rings. The first-order valence-corrected chi connectivity index (χ1v) is 8.73. The first kappa shape index (κ1) is 14.9. The molecular formula is C17H16Br2O2. The number of hydrogen-bond donors (Lipinski definition) is 0. The highest BCUT2D eigenvalue weighted by Gasteiger charge is 2.32. The summed E-state index contributed by atoms with van der Waals surface area (Å²) in [6.07, 6.45) is 0.908. The van der Waals surface area contributed by atoms with Crippen LogP contribution in [0.15, 0.2) is 40.9 Å². The predicted octanol–water partition coefficient (Wildman–Crippen LogP) is 5.85. The fourth-order valence-electron chi connectivity index (χ4n) is 2.54. The van der Waals surface area contributed by atoms with Crippen LogP contribution in [0.1, 0.15) is 25.0 Å². The molecule has 0 spiro atoms. The van der Waals surface area contributed by atoms with E-state index in [4.69, 9.17) is 9.47 Å². The maximum absolute atomic E-state index is 6.12. The van der Waals surface area contributed by atoms with Crippen molar-refractivity contribution in [2.45, 2.75) is 31.2 Å². The molecule has 2 nitrogen and oxygen atoms in total. The van der Waals surface area contributed by atoms with Crippen LogP contribution in [0.2, 0.25) is 0 Å². The summed E-state index contributed by atoms with van der Waals surface area (Å²) in [5, 5.41) is 0.739. The van der Waals surface area contributed by atoms with Gasteiger partial charge in [-0.3, -0.25) is 0 Å². The van der Waals surface area contributed by atoms with Crippen LogP contribution in [0.4, 0.5) is 0 Å². The van der Waals surface area contributed by atoms with Gasteiger partial charge in [-0.15, -0.1) is 0 Å². The Bertz CT molecular complexity index is 680. The summed E-state index contributed by atoms with van der Waals surface area (Å²) in [6.45, 7) is 4.20. The Morgan fingerprint density at radius 3 is 2.76 bits per heavy atom. The molecule has 3 rings (SSSR count). The topological polar surface area (TPSA) is 18.5 Å². The molecule has 0 unspecified atom stereocenters. The van der Waals surface area contributed by atoms with Gasteiger partial charge < -0.3 is 9.47 Å². The summed E-state index contributed by atoms with van der Waals surface area (Å²) in [5.41, 5.74) is 2.13. The van der Waals surface area contributed by atoms with Crippen LogP contribution in [0.5, 0.6) is 17.2 Å². The standard InChI is InChI=1S/C17H16Br2O2/c1-17(2)9-11-4-3-5-15(16(11)21-17)20-14-7-6-13(19)8-12(14)10-18/h3-8H,9-10H2,1-2H3. The highest BCUT2D eigenvalue weighted by molar-refractivity contribution is 9.10. The number of para-hydroxylation sites is 1. The van der Waals surface area contributed by atoms with E-state index < -0.39 is 0 Å². The number of halogens is 2. The quantitative estimate of drug-likeness (QED) is 0.589. The van der Waals surface area contributed by atoms with E-state index in [9.17, 15) is 0 Å². The Morgan fingerprint density at radius 2 is 2.00 bits per heavy atom. The maximum atomic E-state index is 6.12. The third kappa shape index (κ3) is 3.11. The number of hydrogen-bond acceptors (Lipinski definition) is 2. The summed E-state index contributed by atoms with van der Waals surface area (Å²) in [6, 6.07) is 12.1. The maximum Gasteiger partial charge on any atom is 0.169 e. The van der Waals surface area contributed by atoms with Gasteiger partial charge in [-0.05, 0) is 38.1 Å². The van der Waals surface area contributed by atoms with E-state index in [1.807, 2.05) is 24.3 Å². The molecule has 2 aromatic carbocycles. The van der Waals surface area contributed by atoms with Crippen LogP contribution in [0.25, 0.3) is 0 Å². The van der Waals surface area contributed by atoms with E-state index in [1.54, 1.807) is 0 Å². The van der Waals surface area contributed by atoms with Crippen LogP contribution in [0.3, 0.4) is 0 Å². The normalized spacial score (nSPS) is 15.4. The van der Waals surface area contributed by atoms with Crippen LogP contribution in [-0.2, 0) is 11.8 Å². The third-order valence-corrected chi connectivity index (χ3v) is 4.54. The number of ether oxygens (including phenoxy) is 2. The second kappa shape index (κ2) is 5.65. The Labute approximate surface area is 141 Å². The average Bonchev–Trinajstić information content (AvgIpc) is 2.75. The molecule has 1 aliphatic rings. The average molecular weight is 412 g/mol. The molecule has 2 aromatic rings. The van der Waals surface area contributed by atoms with Crippen molar-refractivity contribution in [1.82, 2.24) is 0 Å². The van der Waals surface area contributed by atoms with E-state index in [2.05, 4.69) is 57.8 Å². The largest absolute Gasteiger partial charge is 0.483 e. The molecule has 21 heavy (non-hydrogen) atoms. The molecule has 1 heterocycles. The van der Waals surface area contributed by atoms with Crippen molar-refractivity contribution in [1.29, 1.82) is 0 Å². The highest BCUT2D eigenvalue weighted by Crippen LogP contribution is 2.44. The van der Waals surface area contributed by atoms with Gasteiger partial charge in [-0.2, -0.15) is 0 Å². The molecule has 0 saturated heterocycles. The molecule has 1 aliphatic heterocycles. The van der Waals surface area contributed by atoms with Crippen LogP contribution in [-0.4, -0.2) is 5.60 Å². The molecule has 0 bridgehead atoms. The molecule has 4 heteroatoms. The summed E-state index contributed by atoms with van der Waals surface area (Å²) in [7, 11) is 0. The third-order valence-electron chi connectivity index (χ3n) is 3.44. The minimum Gasteiger partial charge on any atom is -0.483 e. The van der Waals surface area contributed by atoms with E-state index in [1.165, 1.54) is 5.56 Å². The molecule has 0 aliphatic carbocycles. The van der Waals surface area contributed by atoms with Gasteiger partial charge in [0, 0.05) is 27.4 Å². The van der Waals surface area contributed by atoms with Gasteiger partial charge >= 0.3 is 0 Å². The summed E-state index contributed by atoms with van der Waals surface area (Å²) in [4.78, 5) is 0. The predicted molar refractivity (Wildman–Crippen MR) is 91.7 cm³/mol. The molecule has 0 saturated carbocycles. The second-order valence-corrected chi connectivity index (χ2v) is 7.25. The van der Waals surface area contributed by atoms with Gasteiger partial charge in [0.15, 0.2) is 11.5 Å². The Morgan fingerprint density at radius 1 is 1.19 bits per heavy atom. The first-order chi connectivity index (χ1) is 9.98. The van der Waals surface area contributed by atoms with Gasteiger partial charge in [0.25, 0.3) is 0 Å². The van der Waals surface area contributed by atoms with Crippen LogP contribution >= 0.6 is 31.9 Å². The smallest absolute Gasteiger partial charge is 0.169 e. The lowest BCUT2D eigenvalue weighted by atomic mass is 10.0. The molecule has 0 aromatic heterocycles. The van der Waals surface area contributed by atoms with Crippen molar-refractivity contribution >= 4 is 31.9 Å². The zero-order chi connectivity index (χ0) is 15.0. The minimum atomic E-state index is -0.167. The Kier molecular flexibility index (Phi) is 4.02. The van der Waals surface area contributed by atoms with Crippen molar-refractivity contribution in [2.24, 2.45) is 0 Å². The molecule has 0 amide bonds. The lowest BCUT2D eigenvalue weighted by molar-refractivity contribution is 0.135. The van der Waals surface area contributed by atoms with Gasteiger partial charge in [-0.25, -0.2) is 0 Å². The van der Waals surface area contributed by atoms with Crippen LogP contribution < -0.4 is 9.47 Å². The van der Waals surface area contributed by atoms with Crippen molar-refractivity contribution in [3.8, 4) is 17.2 Å². The zero-order valence-corrected chi connectivity index (χ0v) is 15.1. The van der Waals surface area contributed by atoms with Gasteiger partial charge in [0.05, 0.1) is 0 Å². The minimum absolute atomic E-state index is 0.167. The molecule has 0 N–H and O–H groups in total. The number of alkyl halides is 1. The summed E-state index contributed by atoms with van der Waals surface area (Å²) in [5.74, 6) is 2.49.